The first-order valence-electron chi connectivity index (χ1n) is 21.0. The third-order valence-corrected chi connectivity index (χ3v) is 14.7. The van der Waals surface area contributed by atoms with Crippen molar-refractivity contribution in [3.05, 3.63) is 83.0 Å². The number of amides is 5. The van der Waals surface area contributed by atoms with Crippen LogP contribution in [0.5, 0.6) is 5.75 Å². The average molecular weight is 933 g/mol. The molecule has 0 bridgehead atoms. The summed E-state index contributed by atoms with van der Waals surface area (Å²) >= 11 is 7.96. The Kier molecular flexibility index (Phi) is 15.2. The summed E-state index contributed by atoms with van der Waals surface area (Å²) in [5.74, 6) is -0.159. The highest BCUT2D eigenvalue weighted by molar-refractivity contribution is 7.99. The number of nitrogens with one attached hydrogen (secondary N) is 4. The maximum Gasteiger partial charge on any atom is 0.362 e. The van der Waals surface area contributed by atoms with Crippen LogP contribution in [0.25, 0.3) is 0 Å². The lowest BCUT2D eigenvalue weighted by molar-refractivity contribution is -0.136. The Balaban J connectivity index is 0.828. The molecule has 1 aromatic heterocycles. The number of rotatable bonds is 19. The number of benzene rings is 3. The number of methoxy groups -OCH3 is 1. The molecule has 2 saturated heterocycles. The Labute approximate surface area is 380 Å². The Morgan fingerprint density at radius 2 is 1.67 bits per heavy atom. The Hall–Kier alpha value is -5.52. The lowest BCUT2D eigenvalue weighted by Gasteiger charge is -2.34. The Morgan fingerprint density at radius 3 is 2.42 bits per heavy atom. The van der Waals surface area contributed by atoms with Crippen LogP contribution in [0.15, 0.2) is 71.8 Å². The second kappa shape index (κ2) is 21.0. The van der Waals surface area contributed by atoms with Crippen molar-refractivity contribution in [1.29, 1.82) is 0 Å². The first kappa shape index (κ1) is 46.5. The molecule has 4 N–H and O–H groups in total. The number of carbonyl (C=O) groups is 5. The summed E-state index contributed by atoms with van der Waals surface area (Å²) in [4.78, 5) is 76.2. The fourth-order valence-electron chi connectivity index (χ4n) is 7.94. The molecule has 5 amide bonds. The molecule has 338 valence electrons. The topological polar surface area (TPSA) is 210 Å². The molecule has 0 saturated carbocycles. The summed E-state index contributed by atoms with van der Waals surface area (Å²) < 4.78 is 29.3. The molecule has 20 heteroatoms. The minimum absolute atomic E-state index is 0.0467. The van der Waals surface area contributed by atoms with Gasteiger partial charge in [-0.3, -0.25) is 38.8 Å². The Bertz CT molecular complexity index is 2460. The number of hydrogen-bond acceptors (Lipinski definition) is 15. The molecule has 3 aromatic carbocycles. The highest BCUT2D eigenvalue weighted by Gasteiger charge is 2.45. The lowest BCUT2D eigenvalue weighted by Crippen LogP contribution is -2.54. The zero-order valence-corrected chi connectivity index (χ0v) is 38.2. The monoisotopic (exact) mass is 932 g/mol. The van der Waals surface area contributed by atoms with Gasteiger partial charge in [-0.1, -0.05) is 42.6 Å². The number of halogens is 1. The van der Waals surface area contributed by atoms with Gasteiger partial charge in [-0.2, -0.15) is 4.98 Å². The van der Waals surface area contributed by atoms with Gasteiger partial charge in [-0.15, -0.1) is 11.8 Å². The second-order valence-electron chi connectivity index (χ2n) is 15.4. The lowest BCUT2D eigenvalue weighted by atomic mass is 10.0. The number of nitrogens with zero attached hydrogens (tertiary/aromatic N) is 4. The van der Waals surface area contributed by atoms with E-state index in [9.17, 15) is 28.5 Å². The minimum atomic E-state index is -3.58. The number of carbonyl (C=O) groups excluding carboxylic acids is 5. The van der Waals surface area contributed by atoms with Gasteiger partial charge in [0.2, 0.25) is 23.7 Å². The molecule has 64 heavy (non-hydrogen) atoms. The number of anilines is 5. The van der Waals surface area contributed by atoms with Gasteiger partial charge in [-0.05, 0) is 74.3 Å². The van der Waals surface area contributed by atoms with Gasteiger partial charge in [0.15, 0.2) is 5.82 Å². The largest absolute Gasteiger partial charge is 0.494 e. The molecule has 4 aromatic rings. The van der Waals surface area contributed by atoms with E-state index in [2.05, 4.69) is 36.1 Å². The van der Waals surface area contributed by atoms with Crippen molar-refractivity contribution >= 4 is 94.6 Å². The molecule has 0 radical (unpaired) electrons. The fourth-order valence-corrected chi connectivity index (χ4v) is 10.4. The number of para-hydroxylation sites is 1. The number of thioether (sulfide) groups is 1. The van der Waals surface area contributed by atoms with Gasteiger partial charge in [-0.25, -0.2) is 4.98 Å². The predicted molar refractivity (Wildman–Crippen MR) is 245 cm³/mol. The van der Waals surface area contributed by atoms with Gasteiger partial charge in [0.1, 0.15) is 16.8 Å². The van der Waals surface area contributed by atoms with Crippen molar-refractivity contribution in [2.24, 2.45) is 0 Å². The number of unbranched alkanes of at least 4 members (excludes halogenated alkanes) is 3. The summed E-state index contributed by atoms with van der Waals surface area (Å²) in [5.41, 5.74) is 2.66. The molecular weight excluding hydrogens is 883 g/mol. The van der Waals surface area contributed by atoms with Crippen LogP contribution in [0.1, 0.15) is 78.5 Å². The fraction of sp³-hybridized carbons (Fsp3) is 0.386. The van der Waals surface area contributed by atoms with Crippen LogP contribution in [-0.4, -0.2) is 96.7 Å². The number of ether oxygens (including phenoxy) is 1. The molecule has 4 heterocycles. The quantitative estimate of drug-likeness (QED) is 0.0324. The molecule has 0 spiro atoms. The molecule has 7 rings (SSSR count). The van der Waals surface area contributed by atoms with Gasteiger partial charge in [0, 0.05) is 62.8 Å². The molecule has 1 unspecified atom stereocenters. The first-order valence-corrected chi connectivity index (χ1v) is 23.9. The van der Waals surface area contributed by atoms with Crippen LogP contribution < -0.4 is 36.2 Å². The van der Waals surface area contributed by atoms with E-state index in [0.717, 1.165) is 68.0 Å². The molecule has 0 aliphatic carbocycles. The average Bonchev–Trinajstić information content (AvgIpc) is 3.56. The smallest absolute Gasteiger partial charge is 0.362 e. The van der Waals surface area contributed by atoms with Crippen molar-refractivity contribution in [3.63, 3.8) is 0 Å². The normalized spacial score (nSPS) is 16.7. The van der Waals surface area contributed by atoms with Crippen LogP contribution >= 0.6 is 31.0 Å². The summed E-state index contributed by atoms with van der Waals surface area (Å²) in [5, 5.41) is 12.3. The highest BCUT2D eigenvalue weighted by atomic mass is 35.5. The van der Waals surface area contributed by atoms with Crippen molar-refractivity contribution in [3.8, 4) is 5.75 Å². The van der Waals surface area contributed by atoms with E-state index >= 15 is 0 Å². The Morgan fingerprint density at radius 1 is 0.906 bits per heavy atom. The van der Waals surface area contributed by atoms with Crippen LogP contribution in [0.4, 0.5) is 28.8 Å². The molecule has 3 aliphatic rings. The summed E-state index contributed by atoms with van der Waals surface area (Å²) in [6.07, 6.45) is 7.13. The SMILES string of the molecule is COc1cc(N2CCC(NC(=O)CCCCCCSc3cccc4c3C(=O)N(C3CCC(=O)NC3=O)C4=O)CC2)ccc1Nc1ncc(Cl)c(Nc2ccccc2P(=O)(OC)OC)n1. The third-order valence-electron chi connectivity index (χ3n) is 11.3. The van der Waals surface area contributed by atoms with E-state index in [1.807, 2.05) is 24.3 Å². The summed E-state index contributed by atoms with van der Waals surface area (Å²) in [6.45, 7) is 1.52. The zero-order chi connectivity index (χ0) is 45.4. The van der Waals surface area contributed by atoms with Gasteiger partial charge in [0.05, 0.1) is 41.1 Å². The highest BCUT2D eigenvalue weighted by Crippen LogP contribution is 2.47. The van der Waals surface area contributed by atoms with Crippen LogP contribution in [0, 0.1) is 0 Å². The number of hydrogen-bond donors (Lipinski definition) is 4. The van der Waals surface area contributed by atoms with Crippen LogP contribution in [0.2, 0.25) is 5.02 Å². The first-order chi connectivity index (χ1) is 30.9. The van der Waals surface area contributed by atoms with E-state index < -0.39 is 37.3 Å². The third kappa shape index (κ3) is 10.5. The molecule has 2 fully saturated rings. The van der Waals surface area contributed by atoms with Gasteiger partial charge in [0.25, 0.3) is 11.8 Å². The van der Waals surface area contributed by atoms with E-state index in [1.54, 1.807) is 43.5 Å². The summed E-state index contributed by atoms with van der Waals surface area (Å²) in [7, 11) is 0.643. The predicted octanol–water partition coefficient (Wildman–Crippen LogP) is 6.97. The van der Waals surface area contributed by atoms with Crippen molar-refractivity contribution in [1.82, 2.24) is 25.5 Å². The van der Waals surface area contributed by atoms with Crippen molar-refractivity contribution in [2.45, 2.75) is 74.8 Å². The number of fused-ring (bicyclic) bond motifs is 1. The number of aromatic nitrogens is 2. The number of piperidine rings is 2. The molecule has 1 atom stereocenters. The van der Waals surface area contributed by atoms with Gasteiger partial charge < -0.3 is 34.6 Å². The van der Waals surface area contributed by atoms with Crippen molar-refractivity contribution < 1.29 is 42.3 Å². The molecule has 3 aliphatic heterocycles. The zero-order valence-electron chi connectivity index (χ0n) is 35.7. The maximum absolute atomic E-state index is 13.4. The molecule has 17 nitrogen and oxygen atoms in total. The van der Waals surface area contributed by atoms with E-state index in [1.165, 1.54) is 32.2 Å². The standard InChI is InChI=1S/C44H50ClN8O9PS/c1-60-34-25-28(16-17-31(34)49-44-46-26-30(45)40(51-44)48-32-12-7-8-13-35(32)63(59,61-2)62-3)52-22-20-27(21-23-52)47-37(54)15-6-4-5-9-24-64-36-14-10-11-29-39(36)43(58)53(42(29)57)33-18-19-38(55)50-41(33)56/h7-8,10-14,16-17,25-27,33H,4-6,9,15,18-24H2,1-3H3,(H,47,54)(H,50,55,56)(H2,46,48,49,51). The molecular formula is C44H50ClN8O9PS. The summed E-state index contributed by atoms with van der Waals surface area (Å²) in [6, 6.07) is 16.9. The maximum atomic E-state index is 13.4. The minimum Gasteiger partial charge on any atom is -0.494 e. The van der Waals surface area contributed by atoms with E-state index in [0.29, 0.717) is 39.3 Å². The van der Waals surface area contributed by atoms with E-state index in [4.69, 9.17) is 25.4 Å². The second-order valence-corrected chi connectivity index (χ2v) is 19.1. The van der Waals surface area contributed by atoms with Crippen LogP contribution in [-0.2, 0) is 28.0 Å². The van der Waals surface area contributed by atoms with Crippen molar-refractivity contribution in [2.75, 3.05) is 55.7 Å². The van der Waals surface area contributed by atoms with Gasteiger partial charge >= 0.3 is 7.60 Å². The number of imide groups is 2. The van der Waals surface area contributed by atoms with E-state index in [-0.39, 0.29) is 47.1 Å². The van der Waals surface area contributed by atoms with Crippen LogP contribution in [0.3, 0.4) is 0 Å².